The molecule has 1 heterocycles. The molecule has 1 atom stereocenters. The van der Waals surface area contributed by atoms with E-state index in [-0.39, 0.29) is 5.91 Å². The molecular formula is C22H19N3O3S. The van der Waals surface area contributed by atoms with E-state index in [2.05, 4.69) is 15.5 Å². The lowest BCUT2D eigenvalue weighted by Gasteiger charge is -2.15. The van der Waals surface area contributed by atoms with Crippen molar-refractivity contribution in [2.75, 3.05) is 12.4 Å². The Hall–Kier alpha value is -3.45. The predicted octanol–water partition coefficient (Wildman–Crippen LogP) is 4.77. The lowest BCUT2D eigenvalue weighted by Crippen LogP contribution is -2.30. The summed E-state index contributed by atoms with van der Waals surface area (Å²) in [4.78, 5) is 12.6. The van der Waals surface area contributed by atoms with E-state index in [1.54, 1.807) is 14.0 Å². The van der Waals surface area contributed by atoms with Gasteiger partial charge in [0.1, 0.15) is 16.5 Å². The average molecular weight is 405 g/mol. The molecule has 6 nitrogen and oxygen atoms in total. The molecule has 0 spiro atoms. The van der Waals surface area contributed by atoms with Crippen molar-refractivity contribution >= 4 is 33.1 Å². The van der Waals surface area contributed by atoms with Gasteiger partial charge in [0.05, 0.1) is 7.11 Å². The molecule has 29 heavy (non-hydrogen) atoms. The highest BCUT2D eigenvalue weighted by atomic mass is 32.1. The van der Waals surface area contributed by atoms with E-state index in [1.165, 1.54) is 11.3 Å². The Labute approximate surface area is 172 Å². The molecule has 1 N–H and O–H groups in total. The third kappa shape index (κ3) is 4.20. The zero-order valence-electron chi connectivity index (χ0n) is 16.0. The van der Waals surface area contributed by atoms with Gasteiger partial charge in [-0.05, 0) is 42.6 Å². The van der Waals surface area contributed by atoms with Gasteiger partial charge in [-0.1, -0.05) is 47.7 Å². The number of carbonyl (C=O) groups is 1. The number of aromatic nitrogens is 2. The molecule has 0 saturated carbocycles. The van der Waals surface area contributed by atoms with Gasteiger partial charge in [0.15, 0.2) is 6.10 Å². The van der Waals surface area contributed by atoms with Crippen LogP contribution in [0.3, 0.4) is 0 Å². The van der Waals surface area contributed by atoms with Crippen molar-refractivity contribution in [2.24, 2.45) is 0 Å². The molecule has 0 aliphatic carbocycles. The Kier molecular flexibility index (Phi) is 5.39. The van der Waals surface area contributed by atoms with Crippen LogP contribution < -0.4 is 14.8 Å². The normalized spacial score (nSPS) is 11.8. The fourth-order valence-corrected chi connectivity index (χ4v) is 3.63. The molecule has 3 aromatic carbocycles. The summed E-state index contributed by atoms with van der Waals surface area (Å²) in [7, 11) is 1.62. The SMILES string of the molecule is COc1ccc(-c2nnc(NC(=O)C(C)Oc3cccc4ccccc34)s2)cc1. The number of amides is 1. The minimum absolute atomic E-state index is 0.282. The molecule has 7 heteroatoms. The Balaban J connectivity index is 1.44. The summed E-state index contributed by atoms with van der Waals surface area (Å²) < 4.78 is 11.1. The highest BCUT2D eigenvalue weighted by molar-refractivity contribution is 7.18. The third-order valence-electron chi connectivity index (χ3n) is 4.41. The van der Waals surface area contributed by atoms with E-state index in [9.17, 15) is 4.79 Å². The van der Waals surface area contributed by atoms with Crippen molar-refractivity contribution in [1.82, 2.24) is 10.2 Å². The molecule has 146 valence electrons. The summed E-state index contributed by atoms with van der Waals surface area (Å²) in [6.45, 7) is 1.71. The van der Waals surface area contributed by atoms with Crippen LogP contribution in [0.5, 0.6) is 11.5 Å². The van der Waals surface area contributed by atoms with E-state index in [0.717, 1.165) is 22.1 Å². The number of anilines is 1. The van der Waals surface area contributed by atoms with Gasteiger partial charge in [-0.25, -0.2) is 0 Å². The van der Waals surface area contributed by atoms with Crippen molar-refractivity contribution in [1.29, 1.82) is 0 Å². The molecule has 4 rings (SSSR count). The second kappa shape index (κ2) is 8.28. The number of benzene rings is 3. The second-order valence-corrected chi connectivity index (χ2v) is 7.35. The Morgan fingerprint density at radius 2 is 1.76 bits per heavy atom. The van der Waals surface area contributed by atoms with Crippen LogP contribution in [-0.2, 0) is 4.79 Å². The second-order valence-electron chi connectivity index (χ2n) is 6.37. The number of hydrogen-bond donors (Lipinski definition) is 1. The lowest BCUT2D eigenvalue weighted by molar-refractivity contribution is -0.122. The maximum Gasteiger partial charge on any atom is 0.266 e. The van der Waals surface area contributed by atoms with E-state index < -0.39 is 6.10 Å². The summed E-state index contributed by atoms with van der Waals surface area (Å²) in [5.74, 6) is 1.16. The highest BCUT2D eigenvalue weighted by Gasteiger charge is 2.18. The number of ether oxygens (including phenoxy) is 2. The Morgan fingerprint density at radius 1 is 1.00 bits per heavy atom. The first-order valence-corrected chi connectivity index (χ1v) is 9.89. The smallest absolute Gasteiger partial charge is 0.266 e. The van der Waals surface area contributed by atoms with E-state index in [4.69, 9.17) is 9.47 Å². The fraction of sp³-hybridized carbons (Fsp3) is 0.136. The first-order chi connectivity index (χ1) is 14.1. The molecule has 0 saturated heterocycles. The van der Waals surface area contributed by atoms with Crippen molar-refractivity contribution in [2.45, 2.75) is 13.0 Å². The van der Waals surface area contributed by atoms with Gasteiger partial charge < -0.3 is 9.47 Å². The van der Waals surface area contributed by atoms with Crippen LogP contribution in [0.1, 0.15) is 6.92 Å². The summed E-state index contributed by atoms with van der Waals surface area (Å²) in [5.41, 5.74) is 0.906. The topological polar surface area (TPSA) is 73.3 Å². The molecule has 1 amide bonds. The number of methoxy groups -OCH3 is 1. The van der Waals surface area contributed by atoms with Crippen LogP contribution in [0, 0.1) is 0 Å². The molecular weight excluding hydrogens is 386 g/mol. The zero-order valence-corrected chi connectivity index (χ0v) is 16.8. The number of nitrogens with zero attached hydrogens (tertiary/aromatic N) is 2. The molecule has 0 aliphatic rings. The number of hydrogen-bond acceptors (Lipinski definition) is 6. The van der Waals surface area contributed by atoms with Crippen LogP contribution >= 0.6 is 11.3 Å². The highest BCUT2D eigenvalue weighted by Crippen LogP contribution is 2.29. The average Bonchev–Trinajstić information content (AvgIpc) is 3.22. The zero-order chi connectivity index (χ0) is 20.2. The summed E-state index contributed by atoms with van der Waals surface area (Å²) in [6, 6.07) is 21.2. The standard InChI is InChI=1S/C22H19N3O3S/c1-14(28-19-9-5-7-15-6-3-4-8-18(15)19)20(26)23-22-25-24-21(29-22)16-10-12-17(27-2)13-11-16/h3-14H,1-2H3,(H,23,25,26). The van der Waals surface area contributed by atoms with Gasteiger partial charge in [-0.3, -0.25) is 10.1 Å². The maximum atomic E-state index is 12.6. The largest absolute Gasteiger partial charge is 0.497 e. The molecule has 0 fully saturated rings. The van der Waals surface area contributed by atoms with Crippen LogP contribution in [0.4, 0.5) is 5.13 Å². The lowest BCUT2D eigenvalue weighted by atomic mass is 10.1. The minimum Gasteiger partial charge on any atom is -0.497 e. The van der Waals surface area contributed by atoms with Crippen molar-refractivity contribution in [3.05, 3.63) is 66.7 Å². The van der Waals surface area contributed by atoms with Crippen molar-refractivity contribution in [3.63, 3.8) is 0 Å². The first kappa shape index (κ1) is 18.9. The molecule has 0 radical (unpaired) electrons. The van der Waals surface area contributed by atoms with Crippen LogP contribution in [0.2, 0.25) is 0 Å². The minimum atomic E-state index is -0.686. The van der Waals surface area contributed by atoms with Gasteiger partial charge in [0.2, 0.25) is 5.13 Å². The fourth-order valence-electron chi connectivity index (χ4n) is 2.87. The van der Waals surface area contributed by atoms with E-state index >= 15 is 0 Å². The van der Waals surface area contributed by atoms with E-state index in [1.807, 2.05) is 66.7 Å². The molecule has 4 aromatic rings. The van der Waals surface area contributed by atoms with Gasteiger partial charge in [-0.15, -0.1) is 10.2 Å². The molecule has 0 bridgehead atoms. The predicted molar refractivity (Wildman–Crippen MR) is 115 cm³/mol. The van der Waals surface area contributed by atoms with Gasteiger partial charge in [-0.2, -0.15) is 0 Å². The summed E-state index contributed by atoms with van der Waals surface area (Å²) in [5, 5.41) is 14.2. The number of nitrogens with one attached hydrogen (secondary N) is 1. The number of rotatable bonds is 6. The maximum absolute atomic E-state index is 12.6. The Bertz CT molecular complexity index is 1140. The molecule has 0 aliphatic heterocycles. The quantitative estimate of drug-likeness (QED) is 0.500. The van der Waals surface area contributed by atoms with Gasteiger partial charge in [0.25, 0.3) is 5.91 Å². The Morgan fingerprint density at radius 3 is 2.55 bits per heavy atom. The van der Waals surface area contributed by atoms with Gasteiger partial charge in [0, 0.05) is 10.9 Å². The van der Waals surface area contributed by atoms with Crippen LogP contribution in [0.15, 0.2) is 66.7 Å². The van der Waals surface area contributed by atoms with Gasteiger partial charge >= 0.3 is 0 Å². The summed E-state index contributed by atoms with van der Waals surface area (Å²) in [6.07, 6.45) is -0.686. The molecule has 1 aromatic heterocycles. The number of carbonyl (C=O) groups excluding carboxylic acids is 1. The van der Waals surface area contributed by atoms with E-state index in [0.29, 0.717) is 15.9 Å². The summed E-state index contributed by atoms with van der Waals surface area (Å²) >= 11 is 1.30. The first-order valence-electron chi connectivity index (χ1n) is 9.07. The van der Waals surface area contributed by atoms with Crippen LogP contribution in [-0.4, -0.2) is 29.3 Å². The number of fused-ring (bicyclic) bond motifs is 1. The molecule has 1 unspecified atom stereocenters. The monoisotopic (exact) mass is 405 g/mol. The van der Waals surface area contributed by atoms with Crippen molar-refractivity contribution in [3.8, 4) is 22.1 Å². The van der Waals surface area contributed by atoms with Crippen LogP contribution in [0.25, 0.3) is 21.3 Å². The third-order valence-corrected chi connectivity index (χ3v) is 5.30. The van der Waals surface area contributed by atoms with Crippen molar-refractivity contribution < 1.29 is 14.3 Å².